The molecule has 2 aliphatic carbocycles. The molecule has 2 unspecified atom stereocenters. The second kappa shape index (κ2) is 9.89. The summed E-state index contributed by atoms with van der Waals surface area (Å²) < 4.78 is 2.07. The molecule has 38 heavy (non-hydrogen) atoms. The van der Waals surface area contributed by atoms with Crippen LogP contribution in [0.15, 0.2) is 36.7 Å². The Labute approximate surface area is 223 Å². The maximum atomic E-state index is 13.4. The van der Waals surface area contributed by atoms with Crippen LogP contribution in [0.25, 0.3) is 27.9 Å². The first-order valence-corrected chi connectivity index (χ1v) is 13.9. The van der Waals surface area contributed by atoms with Gasteiger partial charge in [-0.05, 0) is 73.6 Å². The number of rotatable bonds is 5. The number of likely N-dealkylation sites (tertiary alicyclic amines) is 1. The molecule has 3 aromatic rings. The van der Waals surface area contributed by atoms with Gasteiger partial charge in [-0.15, -0.1) is 0 Å². The Bertz CT molecular complexity index is 1410. The summed E-state index contributed by atoms with van der Waals surface area (Å²) in [6, 6.07) is 7.89. The number of nitrogens with zero attached hydrogens (tertiary/aromatic N) is 4. The van der Waals surface area contributed by atoms with Crippen LogP contribution in [0, 0.1) is 17.8 Å². The summed E-state index contributed by atoms with van der Waals surface area (Å²) in [4.78, 5) is 36.3. The van der Waals surface area contributed by atoms with Gasteiger partial charge in [-0.2, -0.15) is 0 Å². The Morgan fingerprint density at radius 2 is 1.82 bits per heavy atom. The number of carbonyl (C=O) groups is 2. The van der Waals surface area contributed by atoms with Crippen LogP contribution in [0.4, 0.5) is 11.5 Å². The zero-order chi connectivity index (χ0) is 26.4. The number of amides is 2. The average molecular weight is 513 g/mol. The molecular weight excluding hydrogens is 476 g/mol. The van der Waals surface area contributed by atoms with Crippen LogP contribution >= 0.6 is 0 Å². The molecule has 3 heterocycles. The highest BCUT2D eigenvalue weighted by Gasteiger charge is 2.37. The molecule has 198 valence electrons. The zero-order valence-corrected chi connectivity index (χ0v) is 22.2. The molecule has 2 fully saturated rings. The minimum Gasteiger partial charge on any atom is -0.383 e. The SMILES string of the molecule is CCC(=O)Nc1ccc(-c2c(C3=CC[C@H](C(=O)N4CC5CCC(C5)C4)CC3)c3c(N)ncnc3n2C)cc1. The number of hydrogen-bond donors (Lipinski definition) is 2. The molecule has 0 radical (unpaired) electrons. The topological polar surface area (TPSA) is 106 Å². The van der Waals surface area contributed by atoms with Gasteiger partial charge in [-0.1, -0.05) is 25.1 Å². The van der Waals surface area contributed by atoms with Gasteiger partial charge < -0.3 is 20.5 Å². The number of nitrogens with one attached hydrogen (secondary N) is 1. The Morgan fingerprint density at radius 1 is 1.08 bits per heavy atom. The van der Waals surface area contributed by atoms with Crippen LogP contribution < -0.4 is 11.1 Å². The molecule has 2 aromatic heterocycles. The van der Waals surface area contributed by atoms with Crippen LogP contribution in [0.3, 0.4) is 0 Å². The van der Waals surface area contributed by atoms with Gasteiger partial charge in [0, 0.05) is 43.7 Å². The van der Waals surface area contributed by atoms with E-state index in [1.807, 2.05) is 38.2 Å². The number of nitrogens with two attached hydrogens (primary N) is 1. The lowest BCUT2D eigenvalue weighted by Crippen LogP contribution is -2.44. The lowest BCUT2D eigenvalue weighted by atomic mass is 9.83. The summed E-state index contributed by atoms with van der Waals surface area (Å²) in [5.74, 6) is 2.24. The standard InChI is InChI=1S/C30H36N6O2/c1-3-24(37)34-23-12-10-21(11-13-23)27-25(26-28(31)32-17-33-29(26)35(27)2)20-6-8-22(9-7-20)30(38)36-15-18-4-5-19(14-18)16-36/h6,10-13,17-19,22H,3-5,7-9,14-16H2,1-2H3,(H,34,37)(H2,31,32,33)/t18?,19?,22-/m0/s1. The Kier molecular flexibility index (Phi) is 6.41. The fraction of sp³-hybridized carbons (Fsp3) is 0.467. The third-order valence-corrected chi connectivity index (χ3v) is 8.76. The zero-order valence-electron chi connectivity index (χ0n) is 22.2. The van der Waals surface area contributed by atoms with Crippen molar-refractivity contribution in [3.8, 4) is 11.3 Å². The van der Waals surface area contributed by atoms with E-state index < -0.39 is 0 Å². The normalized spacial score (nSPS) is 22.9. The second-order valence-electron chi connectivity index (χ2n) is 11.2. The minimum atomic E-state index is -0.0141. The molecule has 8 nitrogen and oxygen atoms in total. The smallest absolute Gasteiger partial charge is 0.226 e. The Hall–Kier alpha value is -3.68. The van der Waals surface area contributed by atoms with Crippen molar-refractivity contribution >= 4 is 39.9 Å². The van der Waals surface area contributed by atoms with E-state index >= 15 is 0 Å². The van der Waals surface area contributed by atoms with Gasteiger partial charge in [0.1, 0.15) is 17.8 Å². The largest absolute Gasteiger partial charge is 0.383 e. The number of benzene rings is 1. The number of hydrogen-bond acceptors (Lipinski definition) is 5. The predicted octanol–water partition coefficient (Wildman–Crippen LogP) is 5.01. The van der Waals surface area contributed by atoms with Crippen molar-refractivity contribution in [1.29, 1.82) is 0 Å². The van der Waals surface area contributed by atoms with Gasteiger partial charge >= 0.3 is 0 Å². The summed E-state index contributed by atoms with van der Waals surface area (Å²) in [5.41, 5.74) is 12.2. The molecule has 3 atom stereocenters. The van der Waals surface area contributed by atoms with Crippen molar-refractivity contribution in [2.75, 3.05) is 24.1 Å². The van der Waals surface area contributed by atoms with E-state index in [2.05, 4.69) is 30.8 Å². The summed E-state index contributed by atoms with van der Waals surface area (Å²) in [7, 11) is 2.00. The first-order valence-electron chi connectivity index (χ1n) is 13.9. The Morgan fingerprint density at radius 3 is 2.47 bits per heavy atom. The number of allylic oxidation sites excluding steroid dienone is 2. The molecule has 3 aliphatic rings. The van der Waals surface area contributed by atoms with Crippen molar-refractivity contribution in [2.45, 2.75) is 51.9 Å². The third-order valence-electron chi connectivity index (χ3n) is 8.76. The third kappa shape index (κ3) is 4.36. The van der Waals surface area contributed by atoms with Crippen LogP contribution in [0.5, 0.6) is 0 Å². The van der Waals surface area contributed by atoms with Crippen molar-refractivity contribution in [3.05, 3.63) is 42.2 Å². The summed E-state index contributed by atoms with van der Waals surface area (Å²) in [6.45, 7) is 3.72. The predicted molar refractivity (Wildman–Crippen MR) is 150 cm³/mol. The fourth-order valence-corrected chi connectivity index (χ4v) is 6.82. The van der Waals surface area contributed by atoms with Crippen LogP contribution in [-0.4, -0.2) is 44.3 Å². The maximum absolute atomic E-state index is 13.4. The number of aryl methyl sites for hydroxylation is 1. The molecule has 2 amide bonds. The lowest BCUT2D eigenvalue weighted by Gasteiger charge is -2.35. The van der Waals surface area contributed by atoms with E-state index in [4.69, 9.17) is 5.73 Å². The maximum Gasteiger partial charge on any atom is 0.226 e. The number of nitrogen functional groups attached to an aromatic ring is 1. The summed E-state index contributed by atoms with van der Waals surface area (Å²) in [6.07, 6.45) is 10.4. The number of anilines is 2. The highest BCUT2D eigenvalue weighted by molar-refractivity contribution is 6.04. The van der Waals surface area contributed by atoms with Crippen LogP contribution in [0.2, 0.25) is 0 Å². The van der Waals surface area contributed by atoms with Crippen molar-refractivity contribution < 1.29 is 9.59 Å². The molecule has 1 saturated heterocycles. The Balaban J connectivity index is 1.32. The number of carbonyl (C=O) groups excluding carboxylic acids is 2. The fourth-order valence-electron chi connectivity index (χ4n) is 6.82. The van der Waals surface area contributed by atoms with E-state index in [0.29, 0.717) is 30.0 Å². The molecule has 6 rings (SSSR count). The van der Waals surface area contributed by atoms with Gasteiger partial charge in [0.15, 0.2) is 0 Å². The molecule has 1 aliphatic heterocycles. The molecule has 8 heteroatoms. The minimum absolute atomic E-state index is 0.0141. The quantitative estimate of drug-likeness (QED) is 0.500. The van der Waals surface area contributed by atoms with E-state index in [0.717, 1.165) is 65.9 Å². The van der Waals surface area contributed by atoms with E-state index in [9.17, 15) is 9.59 Å². The van der Waals surface area contributed by atoms with Crippen molar-refractivity contribution in [3.63, 3.8) is 0 Å². The number of aromatic nitrogens is 3. The molecular formula is C30H36N6O2. The lowest BCUT2D eigenvalue weighted by molar-refractivity contribution is -0.137. The monoisotopic (exact) mass is 512 g/mol. The van der Waals surface area contributed by atoms with Gasteiger partial charge in [0.05, 0.1) is 11.1 Å². The number of fused-ring (bicyclic) bond motifs is 3. The first kappa shape index (κ1) is 24.6. The molecule has 3 N–H and O–H groups in total. The molecule has 2 bridgehead atoms. The van der Waals surface area contributed by atoms with E-state index in [1.165, 1.54) is 31.2 Å². The van der Waals surface area contributed by atoms with Crippen LogP contribution in [-0.2, 0) is 16.6 Å². The van der Waals surface area contributed by atoms with E-state index in [-0.39, 0.29) is 11.8 Å². The van der Waals surface area contributed by atoms with Crippen molar-refractivity contribution in [1.82, 2.24) is 19.4 Å². The van der Waals surface area contributed by atoms with Gasteiger partial charge in [0.25, 0.3) is 0 Å². The molecule has 1 saturated carbocycles. The highest BCUT2D eigenvalue weighted by atomic mass is 16.2. The summed E-state index contributed by atoms with van der Waals surface area (Å²) >= 11 is 0. The van der Waals surface area contributed by atoms with Gasteiger partial charge in [-0.3, -0.25) is 9.59 Å². The van der Waals surface area contributed by atoms with Gasteiger partial charge in [0.2, 0.25) is 11.8 Å². The van der Waals surface area contributed by atoms with Crippen LogP contribution in [0.1, 0.15) is 57.4 Å². The second-order valence-corrected chi connectivity index (χ2v) is 11.2. The number of piperidine rings is 1. The highest BCUT2D eigenvalue weighted by Crippen LogP contribution is 2.44. The van der Waals surface area contributed by atoms with E-state index in [1.54, 1.807) is 0 Å². The average Bonchev–Trinajstić information content (AvgIpc) is 3.44. The van der Waals surface area contributed by atoms with Crippen molar-refractivity contribution in [2.24, 2.45) is 24.8 Å². The molecule has 0 spiro atoms. The molecule has 1 aromatic carbocycles. The first-order chi connectivity index (χ1) is 18.4. The summed E-state index contributed by atoms with van der Waals surface area (Å²) in [5, 5.41) is 3.77. The van der Waals surface area contributed by atoms with Gasteiger partial charge in [-0.25, -0.2) is 9.97 Å².